The predicted molar refractivity (Wildman–Crippen MR) is 94.4 cm³/mol. The summed E-state index contributed by atoms with van der Waals surface area (Å²) in [5, 5.41) is 11.7. The zero-order valence-electron chi connectivity index (χ0n) is 14.9. The molecule has 0 unspecified atom stereocenters. The summed E-state index contributed by atoms with van der Waals surface area (Å²) in [7, 11) is 0. The molecule has 3 N–H and O–H groups in total. The lowest BCUT2D eigenvalue weighted by Crippen LogP contribution is -2.30. The van der Waals surface area contributed by atoms with E-state index in [1.54, 1.807) is 19.9 Å². The van der Waals surface area contributed by atoms with Crippen LogP contribution < -0.4 is 10.9 Å². The van der Waals surface area contributed by atoms with Crippen LogP contribution in [0.15, 0.2) is 23.0 Å². The highest BCUT2D eigenvalue weighted by molar-refractivity contribution is 6.05. The molecule has 1 aromatic heterocycles. The van der Waals surface area contributed by atoms with Crippen molar-refractivity contribution in [2.45, 2.75) is 40.0 Å². The Bertz CT molecular complexity index is 908. The molecule has 0 aliphatic rings. The van der Waals surface area contributed by atoms with Crippen molar-refractivity contribution >= 4 is 17.6 Å². The van der Waals surface area contributed by atoms with Gasteiger partial charge in [-0.15, -0.1) is 0 Å². The lowest BCUT2D eigenvalue weighted by atomic mass is 9.95. The largest absolute Gasteiger partial charge is 0.478 e. The van der Waals surface area contributed by atoms with Gasteiger partial charge < -0.3 is 15.4 Å². The molecule has 2 rings (SSSR count). The van der Waals surface area contributed by atoms with Crippen LogP contribution in [0.2, 0.25) is 0 Å². The van der Waals surface area contributed by atoms with Gasteiger partial charge in [-0.1, -0.05) is 26.8 Å². The van der Waals surface area contributed by atoms with E-state index in [4.69, 9.17) is 5.11 Å². The molecule has 0 saturated carbocycles. The monoisotopic (exact) mass is 343 g/mol. The van der Waals surface area contributed by atoms with Crippen LogP contribution in [0.3, 0.4) is 0 Å². The third-order valence-corrected chi connectivity index (χ3v) is 3.77. The fourth-order valence-electron chi connectivity index (χ4n) is 2.28. The Kier molecular flexibility index (Phi) is 4.78. The molecule has 0 spiro atoms. The number of carbonyl (C=O) groups excluding carboxylic acids is 1. The first kappa shape index (κ1) is 18.4. The highest BCUT2D eigenvalue weighted by Crippen LogP contribution is 2.20. The SMILES string of the molecule is Cc1ccc(C(=O)O)cc1NC(=O)c1c(C)nc(C(C)(C)C)[nH]c1=O. The minimum absolute atomic E-state index is 0.0488. The van der Waals surface area contributed by atoms with E-state index in [0.29, 0.717) is 22.8 Å². The van der Waals surface area contributed by atoms with Crippen molar-refractivity contribution in [1.82, 2.24) is 9.97 Å². The van der Waals surface area contributed by atoms with Gasteiger partial charge >= 0.3 is 5.97 Å². The smallest absolute Gasteiger partial charge is 0.335 e. The maximum Gasteiger partial charge on any atom is 0.335 e. The Morgan fingerprint density at radius 3 is 2.36 bits per heavy atom. The second-order valence-electron chi connectivity index (χ2n) is 6.91. The summed E-state index contributed by atoms with van der Waals surface area (Å²) in [4.78, 5) is 42.9. The average molecular weight is 343 g/mol. The molecule has 0 aliphatic carbocycles. The van der Waals surface area contributed by atoms with Crippen LogP contribution >= 0.6 is 0 Å². The van der Waals surface area contributed by atoms with Crippen LogP contribution in [-0.2, 0) is 5.41 Å². The lowest BCUT2D eigenvalue weighted by molar-refractivity contribution is 0.0696. The second kappa shape index (κ2) is 6.51. The molecule has 2 aromatic rings. The molecule has 1 heterocycles. The van der Waals surface area contributed by atoms with Gasteiger partial charge in [0.1, 0.15) is 11.4 Å². The third kappa shape index (κ3) is 3.93. The molecule has 0 saturated heterocycles. The summed E-state index contributed by atoms with van der Waals surface area (Å²) in [6.07, 6.45) is 0. The summed E-state index contributed by atoms with van der Waals surface area (Å²) in [5.41, 5.74) is 0.419. The summed E-state index contributed by atoms with van der Waals surface area (Å²) >= 11 is 0. The number of carboxylic acid groups (broad SMARTS) is 1. The maximum absolute atomic E-state index is 12.5. The number of nitrogens with one attached hydrogen (secondary N) is 2. The van der Waals surface area contributed by atoms with Crippen LogP contribution in [0.25, 0.3) is 0 Å². The van der Waals surface area contributed by atoms with Gasteiger partial charge in [0.15, 0.2) is 0 Å². The topological polar surface area (TPSA) is 112 Å². The minimum atomic E-state index is -1.10. The Balaban J connectivity index is 2.42. The van der Waals surface area contributed by atoms with Gasteiger partial charge in [0, 0.05) is 11.1 Å². The van der Waals surface area contributed by atoms with E-state index in [1.807, 2.05) is 20.8 Å². The molecule has 1 aromatic carbocycles. The van der Waals surface area contributed by atoms with Crippen molar-refractivity contribution in [2.24, 2.45) is 0 Å². The Morgan fingerprint density at radius 2 is 1.84 bits per heavy atom. The van der Waals surface area contributed by atoms with Gasteiger partial charge in [-0.05, 0) is 31.5 Å². The number of aromatic carboxylic acids is 1. The highest BCUT2D eigenvalue weighted by Gasteiger charge is 2.22. The number of amides is 1. The molecule has 0 bridgehead atoms. The standard InChI is InChI=1S/C18H21N3O4/c1-9-6-7-11(16(24)25)8-12(9)20-14(22)13-10(2)19-17(18(3,4)5)21-15(13)23/h6-8H,1-5H3,(H,20,22)(H,24,25)(H,19,21,23). The molecule has 0 fully saturated rings. The first-order valence-corrected chi connectivity index (χ1v) is 7.77. The van der Waals surface area contributed by atoms with Crippen molar-refractivity contribution in [3.05, 3.63) is 56.8 Å². The summed E-state index contributed by atoms with van der Waals surface area (Å²) in [6, 6.07) is 4.40. The number of rotatable bonds is 3. The number of hydrogen-bond donors (Lipinski definition) is 3. The van der Waals surface area contributed by atoms with E-state index in [2.05, 4.69) is 15.3 Å². The first-order chi connectivity index (χ1) is 11.5. The summed E-state index contributed by atoms with van der Waals surface area (Å²) < 4.78 is 0. The number of hydrogen-bond acceptors (Lipinski definition) is 4. The van der Waals surface area contributed by atoms with Gasteiger partial charge in [-0.3, -0.25) is 9.59 Å². The zero-order chi connectivity index (χ0) is 18.9. The number of anilines is 1. The number of aromatic nitrogens is 2. The second-order valence-corrected chi connectivity index (χ2v) is 6.91. The zero-order valence-corrected chi connectivity index (χ0v) is 14.9. The van der Waals surface area contributed by atoms with Gasteiger partial charge in [0.05, 0.1) is 11.3 Å². The Labute approximate surface area is 145 Å². The predicted octanol–water partition coefficient (Wildman–Crippen LogP) is 2.63. The Morgan fingerprint density at radius 1 is 1.20 bits per heavy atom. The molecule has 132 valence electrons. The minimum Gasteiger partial charge on any atom is -0.478 e. The van der Waals surface area contributed by atoms with Crippen LogP contribution in [0.4, 0.5) is 5.69 Å². The lowest BCUT2D eigenvalue weighted by Gasteiger charge is -2.18. The number of carboxylic acids is 1. The fraction of sp³-hybridized carbons (Fsp3) is 0.333. The number of nitrogens with zero attached hydrogens (tertiary/aromatic N) is 1. The van der Waals surface area contributed by atoms with E-state index in [9.17, 15) is 14.4 Å². The Hall–Kier alpha value is -2.96. The van der Waals surface area contributed by atoms with Crippen molar-refractivity contribution in [3.8, 4) is 0 Å². The fourth-order valence-corrected chi connectivity index (χ4v) is 2.28. The van der Waals surface area contributed by atoms with Crippen molar-refractivity contribution < 1.29 is 14.7 Å². The van der Waals surface area contributed by atoms with Crippen LogP contribution in [0.5, 0.6) is 0 Å². The molecular weight excluding hydrogens is 322 g/mol. The van der Waals surface area contributed by atoms with E-state index in [-0.39, 0.29) is 16.5 Å². The van der Waals surface area contributed by atoms with Crippen LogP contribution in [0.1, 0.15) is 58.6 Å². The molecule has 0 radical (unpaired) electrons. The molecule has 7 heteroatoms. The van der Waals surface area contributed by atoms with Gasteiger partial charge in [0.25, 0.3) is 11.5 Å². The van der Waals surface area contributed by atoms with Crippen molar-refractivity contribution in [3.63, 3.8) is 0 Å². The maximum atomic E-state index is 12.5. The van der Waals surface area contributed by atoms with E-state index in [0.717, 1.165) is 0 Å². The van der Waals surface area contributed by atoms with E-state index < -0.39 is 17.4 Å². The first-order valence-electron chi connectivity index (χ1n) is 7.77. The van der Waals surface area contributed by atoms with Gasteiger partial charge in [-0.25, -0.2) is 9.78 Å². The van der Waals surface area contributed by atoms with Gasteiger partial charge in [-0.2, -0.15) is 0 Å². The van der Waals surface area contributed by atoms with Crippen LogP contribution in [-0.4, -0.2) is 27.0 Å². The molecular formula is C18H21N3O4. The summed E-state index contributed by atoms with van der Waals surface area (Å²) in [6.45, 7) is 9.06. The molecule has 1 amide bonds. The van der Waals surface area contributed by atoms with Crippen molar-refractivity contribution in [1.29, 1.82) is 0 Å². The summed E-state index contributed by atoms with van der Waals surface area (Å²) in [5.74, 6) is -1.23. The third-order valence-electron chi connectivity index (χ3n) is 3.77. The molecule has 0 atom stereocenters. The number of aryl methyl sites for hydroxylation is 2. The average Bonchev–Trinajstić information content (AvgIpc) is 2.47. The normalized spacial score (nSPS) is 11.2. The van der Waals surface area contributed by atoms with Crippen molar-refractivity contribution in [2.75, 3.05) is 5.32 Å². The molecule has 0 aliphatic heterocycles. The number of benzene rings is 1. The van der Waals surface area contributed by atoms with E-state index in [1.165, 1.54) is 12.1 Å². The van der Waals surface area contributed by atoms with Gasteiger partial charge in [0.2, 0.25) is 0 Å². The van der Waals surface area contributed by atoms with Crippen LogP contribution in [0, 0.1) is 13.8 Å². The molecule has 7 nitrogen and oxygen atoms in total. The number of aromatic amines is 1. The molecule has 25 heavy (non-hydrogen) atoms. The highest BCUT2D eigenvalue weighted by atomic mass is 16.4. The quantitative estimate of drug-likeness (QED) is 0.793. The number of carbonyl (C=O) groups is 2. The number of H-pyrrole nitrogens is 1. The van der Waals surface area contributed by atoms with E-state index >= 15 is 0 Å².